The molecule has 0 bridgehead atoms. The first kappa shape index (κ1) is 14.1. The molecule has 0 radical (unpaired) electrons. The van der Waals surface area contributed by atoms with Gasteiger partial charge in [-0.2, -0.15) is 0 Å². The van der Waals surface area contributed by atoms with Crippen molar-refractivity contribution in [2.75, 3.05) is 13.1 Å². The lowest BCUT2D eigenvalue weighted by Crippen LogP contribution is -2.38. The van der Waals surface area contributed by atoms with Gasteiger partial charge < -0.3 is 10.6 Å². The van der Waals surface area contributed by atoms with Crippen LogP contribution in [0, 0.1) is 5.92 Å². The summed E-state index contributed by atoms with van der Waals surface area (Å²) in [6.07, 6.45) is 5.05. The van der Waals surface area contributed by atoms with Crippen molar-refractivity contribution in [2.45, 2.75) is 38.6 Å². The number of amides is 1. The first-order chi connectivity index (χ1) is 9.25. The predicted octanol–water partition coefficient (Wildman–Crippen LogP) is 2.12. The van der Waals surface area contributed by atoms with Gasteiger partial charge in [0.1, 0.15) is 0 Å². The molecule has 1 amide bonds. The monoisotopic (exact) mass is 260 g/mol. The van der Waals surface area contributed by atoms with Crippen molar-refractivity contribution in [1.29, 1.82) is 0 Å². The Bertz CT molecular complexity index is 391. The van der Waals surface area contributed by atoms with Gasteiger partial charge in [-0.05, 0) is 30.7 Å². The summed E-state index contributed by atoms with van der Waals surface area (Å²) in [4.78, 5) is 10.8. The first-order valence-corrected chi connectivity index (χ1v) is 7.27. The van der Waals surface area contributed by atoms with E-state index in [2.05, 4.69) is 41.0 Å². The number of benzene rings is 1. The number of carbonyl (C=O) groups is 1. The van der Waals surface area contributed by atoms with Crippen LogP contribution in [0.2, 0.25) is 0 Å². The zero-order valence-electron chi connectivity index (χ0n) is 11.7. The van der Waals surface area contributed by atoms with Crippen LogP contribution in [0.25, 0.3) is 0 Å². The highest BCUT2D eigenvalue weighted by atomic mass is 16.1. The summed E-state index contributed by atoms with van der Waals surface area (Å²) in [6, 6.07) is 11.3. The van der Waals surface area contributed by atoms with E-state index in [1.165, 1.54) is 31.2 Å². The molecule has 2 atom stereocenters. The van der Waals surface area contributed by atoms with E-state index in [9.17, 15) is 4.79 Å². The van der Waals surface area contributed by atoms with Crippen LogP contribution in [-0.2, 0) is 11.2 Å². The van der Waals surface area contributed by atoms with Gasteiger partial charge in [-0.3, -0.25) is 4.79 Å². The molecule has 1 aromatic carbocycles. The molecule has 1 saturated carbocycles. The fraction of sp³-hybridized carbons (Fsp3) is 0.562. The number of carbonyl (C=O) groups excluding carboxylic acids is 1. The SMILES string of the molecule is CC(=O)NCCN[C@@H]1CCC[C@H]1Cc1ccccc1. The third-order valence-corrected chi connectivity index (χ3v) is 3.91. The number of hydrogen-bond donors (Lipinski definition) is 2. The topological polar surface area (TPSA) is 41.1 Å². The zero-order valence-corrected chi connectivity index (χ0v) is 11.7. The smallest absolute Gasteiger partial charge is 0.216 e. The average molecular weight is 260 g/mol. The molecule has 0 unspecified atom stereocenters. The van der Waals surface area contributed by atoms with Crippen LogP contribution in [0.3, 0.4) is 0 Å². The largest absolute Gasteiger partial charge is 0.355 e. The highest BCUT2D eigenvalue weighted by Gasteiger charge is 2.26. The van der Waals surface area contributed by atoms with Crippen LogP contribution < -0.4 is 10.6 Å². The van der Waals surface area contributed by atoms with Crippen LogP contribution in [0.4, 0.5) is 0 Å². The van der Waals surface area contributed by atoms with Crippen molar-refractivity contribution >= 4 is 5.91 Å². The summed E-state index contributed by atoms with van der Waals surface area (Å²) >= 11 is 0. The van der Waals surface area contributed by atoms with Gasteiger partial charge in [0.2, 0.25) is 5.91 Å². The molecule has 0 saturated heterocycles. The maximum absolute atomic E-state index is 10.8. The molecule has 0 spiro atoms. The number of nitrogens with one attached hydrogen (secondary N) is 2. The van der Waals surface area contributed by atoms with Crippen molar-refractivity contribution < 1.29 is 4.79 Å². The Labute approximate surface area is 115 Å². The molecular formula is C16H24N2O. The number of hydrogen-bond acceptors (Lipinski definition) is 2. The van der Waals surface area contributed by atoms with Gasteiger partial charge in [0, 0.05) is 26.1 Å². The van der Waals surface area contributed by atoms with Gasteiger partial charge in [-0.15, -0.1) is 0 Å². The molecule has 0 aromatic heterocycles. The van der Waals surface area contributed by atoms with Gasteiger partial charge >= 0.3 is 0 Å². The maximum atomic E-state index is 10.8. The Morgan fingerprint density at radius 2 is 2.00 bits per heavy atom. The predicted molar refractivity (Wildman–Crippen MR) is 78.0 cm³/mol. The van der Waals surface area contributed by atoms with E-state index in [1.54, 1.807) is 6.92 Å². The Balaban J connectivity index is 1.75. The third kappa shape index (κ3) is 4.67. The molecule has 1 fully saturated rings. The molecule has 0 aliphatic heterocycles. The summed E-state index contributed by atoms with van der Waals surface area (Å²) in [5.41, 5.74) is 1.43. The lowest BCUT2D eigenvalue weighted by atomic mass is 9.94. The van der Waals surface area contributed by atoms with E-state index in [0.717, 1.165) is 19.0 Å². The van der Waals surface area contributed by atoms with Crippen LogP contribution in [0.5, 0.6) is 0 Å². The molecule has 1 aliphatic carbocycles. The summed E-state index contributed by atoms with van der Waals surface area (Å²) in [6.45, 7) is 3.16. The zero-order chi connectivity index (χ0) is 13.5. The normalized spacial score (nSPS) is 22.4. The second-order valence-corrected chi connectivity index (χ2v) is 5.42. The average Bonchev–Trinajstić information content (AvgIpc) is 2.83. The van der Waals surface area contributed by atoms with E-state index in [4.69, 9.17) is 0 Å². The van der Waals surface area contributed by atoms with Crippen LogP contribution in [0.15, 0.2) is 30.3 Å². The van der Waals surface area contributed by atoms with Crippen molar-refractivity contribution in [2.24, 2.45) is 5.92 Å². The van der Waals surface area contributed by atoms with Gasteiger partial charge in [0.25, 0.3) is 0 Å². The highest BCUT2D eigenvalue weighted by Crippen LogP contribution is 2.28. The standard InChI is InChI=1S/C16H24N2O/c1-13(19)17-10-11-18-16-9-5-8-15(16)12-14-6-3-2-4-7-14/h2-4,6-7,15-16,18H,5,8-12H2,1H3,(H,17,19)/t15-,16+/m0/s1. The minimum absolute atomic E-state index is 0.0501. The third-order valence-electron chi connectivity index (χ3n) is 3.91. The van der Waals surface area contributed by atoms with E-state index >= 15 is 0 Å². The van der Waals surface area contributed by atoms with Gasteiger partial charge in [0.15, 0.2) is 0 Å². The molecule has 2 rings (SSSR count). The van der Waals surface area contributed by atoms with Crippen molar-refractivity contribution in [3.8, 4) is 0 Å². The van der Waals surface area contributed by atoms with Gasteiger partial charge in [-0.1, -0.05) is 36.8 Å². The molecule has 1 aromatic rings. The van der Waals surface area contributed by atoms with E-state index in [-0.39, 0.29) is 5.91 Å². The fourth-order valence-electron chi connectivity index (χ4n) is 2.96. The minimum Gasteiger partial charge on any atom is -0.355 e. The quantitative estimate of drug-likeness (QED) is 0.769. The van der Waals surface area contributed by atoms with Crippen LogP contribution >= 0.6 is 0 Å². The summed E-state index contributed by atoms with van der Waals surface area (Å²) in [5.74, 6) is 0.786. The van der Waals surface area contributed by atoms with Crippen molar-refractivity contribution in [3.63, 3.8) is 0 Å². The Hall–Kier alpha value is -1.35. The molecular weight excluding hydrogens is 236 g/mol. The molecule has 104 valence electrons. The lowest BCUT2D eigenvalue weighted by Gasteiger charge is -2.21. The lowest BCUT2D eigenvalue weighted by molar-refractivity contribution is -0.118. The van der Waals surface area contributed by atoms with E-state index < -0.39 is 0 Å². The Morgan fingerprint density at radius 1 is 1.21 bits per heavy atom. The second-order valence-electron chi connectivity index (χ2n) is 5.42. The van der Waals surface area contributed by atoms with Crippen LogP contribution in [0.1, 0.15) is 31.7 Å². The van der Waals surface area contributed by atoms with E-state index in [0.29, 0.717) is 6.04 Å². The molecule has 2 N–H and O–H groups in total. The van der Waals surface area contributed by atoms with E-state index in [1.807, 2.05) is 0 Å². The van der Waals surface area contributed by atoms with Crippen LogP contribution in [-0.4, -0.2) is 25.0 Å². The summed E-state index contributed by atoms with van der Waals surface area (Å²) < 4.78 is 0. The summed E-state index contributed by atoms with van der Waals surface area (Å²) in [5, 5.41) is 6.43. The Kier molecular flexibility index (Phi) is 5.40. The molecule has 19 heavy (non-hydrogen) atoms. The summed E-state index contributed by atoms with van der Waals surface area (Å²) in [7, 11) is 0. The van der Waals surface area contributed by atoms with Gasteiger partial charge in [0.05, 0.1) is 0 Å². The highest BCUT2D eigenvalue weighted by molar-refractivity contribution is 5.72. The van der Waals surface area contributed by atoms with Crippen molar-refractivity contribution in [1.82, 2.24) is 10.6 Å². The van der Waals surface area contributed by atoms with Gasteiger partial charge in [-0.25, -0.2) is 0 Å². The molecule has 1 aliphatic rings. The molecule has 0 heterocycles. The van der Waals surface area contributed by atoms with Crippen molar-refractivity contribution in [3.05, 3.63) is 35.9 Å². The second kappa shape index (κ2) is 7.29. The fourth-order valence-corrected chi connectivity index (χ4v) is 2.96. The number of rotatable bonds is 6. The molecule has 3 nitrogen and oxygen atoms in total. The molecule has 3 heteroatoms. The first-order valence-electron chi connectivity index (χ1n) is 7.27. The minimum atomic E-state index is 0.0501. The Morgan fingerprint density at radius 3 is 2.74 bits per heavy atom. The maximum Gasteiger partial charge on any atom is 0.216 e.